The molecule has 8 spiro atoms. The highest BCUT2D eigenvalue weighted by molar-refractivity contribution is 7.86. The molecule has 5 aromatic heterocycles. The quantitative estimate of drug-likeness (QED) is 0.00443. The van der Waals surface area contributed by atoms with E-state index < -0.39 is 45.1 Å². The van der Waals surface area contributed by atoms with Crippen molar-refractivity contribution < 1.29 is 103 Å². The molecule has 6 N–H and O–H groups in total. The summed E-state index contributed by atoms with van der Waals surface area (Å²) in [5.74, 6) is 0.529. The molecule has 5 aromatic rings. The first kappa shape index (κ1) is 87.7. The van der Waals surface area contributed by atoms with Crippen molar-refractivity contribution in [1.82, 2.24) is 50.2 Å². The Hall–Kier alpha value is -9.09. The van der Waals surface area contributed by atoms with Crippen LogP contribution in [-0.4, -0.2) is 191 Å². The molecule has 12 aliphatic carbocycles. The molecule has 19 rings (SSSR count). The van der Waals surface area contributed by atoms with Crippen LogP contribution in [0.15, 0.2) is 52.4 Å². The Morgan fingerprint density at radius 2 is 0.924 bits per heavy atom. The van der Waals surface area contributed by atoms with Crippen molar-refractivity contribution in [3.8, 4) is 17.6 Å². The number of ketones is 1. The summed E-state index contributed by atoms with van der Waals surface area (Å²) in [6.45, 7) is 17.3. The van der Waals surface area contributed by atoms with Gasteiger partial charge in [0.05, 0.1) is 84.7 Å². The van der Waals surface area contributed by atoms with Crippen molar-refractivity contribution in [1.29, 1.82) is 0 Å². The summed E-state index contributed by atoms with van der Waals surface area (Å²) in [4.78, 5) is 102. The van der Waals surface area contributed by atoms with Crippen LogP contribution in [0.3, 0.4) is 0 Å². The van der Waals surface area contributed by atoms with Crippen LogP contribution in [-0.2, 0) is 61.8 Å². The van der Waals surface area contributed by atoms with Crippen LogP contribution in [0.4, 0.5) is 0 Å². The van der Waals surface area contributed by atoms with Crippen molar-refractivity contribution in [2.24, 2.45) is 67.0 Å². The monoisotopic (exact) mass is 1680 g/mol. The van der Waals surface area contributed by atoms with Crippen molar-refractivity contribution >= 4 is 51.7 Å². The minimum atomic E-state index is -3.23. The summed E-state index contributed by atoms with van der Waals surface area (Å²) in [5.41, 5.74) is 5.57. The number of H-pyrrole nitrogens is 5. The summed E-state index contributed by atoms with van der Waals surface area (Å²) in [7, 11) is -3.23. The van der Waals surface area contributed by atoms with Gasteiger partial charge in [-0.2, -0.15) is 18.6 Å². The second-order valence-corrected chi connectivity index (χ2v) is 35.5. The summed E-state index contributed by atoms with van der Waals surface area (Å²) >= 11 is 0. The van der Waals surface area contributed by atoms with Crippen LogP contribution in [0.5, 0.6) is 17.6 Å². The number of rotatable bonds is 32. The molecule has 2 saturated heterocycles. The predicted octanol–water partition coefficient (Wildman–Crippen LogP) is 11.9. The van der Waals surface area contributed by atoms with E-state index in [-0.39, 0.29) is 78.1 Å². The molecule has 0 bridgehead atoms. The molecule has 14 aliphatic rings. The second kappa shape index (κ2) is 36.3. The molecule has 2 unspecified atom stereocenters. The van der Waals surface area contributed by atoms with Gasteiger partial charge in [-0.1, -0.05) is 0 Å². The van der Waals surface area contributed by atoms with E-state index in [1.54, 1.807) is 50.2 Å². The first-order valence-corrected chi connectivity index (χ1v) is 44.7. The van der Waals surface area contributed by atoms with Gasteiger partial charge < -0.3 is 62.3 Å². The number of Topliss-reactive ketones (excluding diaryl/α,β-unsaturated/α-hetero) is 1. The number of carboxylic acids is 1. The van der Waals surface area contributed by atoms with Crippen LogP contribution < -0.4 is 25.3 Å². The standard InChI is InChI=1S/C20H28N2O4.C15H20N2O3.C13H16N2O3.C11H16N2O4.C10H16O3S.C9H14O4.C6H8N2O3/c1-2-24-18(23)14-13-22(16-5-3-4-11-25-16)21-17(14)26-12-6-15-19(7-8-19)20(15)9-10-20;1-2-19-13(18)10-9-16-17-12(10)20-8-3-11-14(4-5-14)15(11)6-7-15;16-11(17)8-7-14-15-10(8)18-6-1-9-12(2-3-12)13(9)4-5-13;1-2-16-11(15)8-7-13(12-10(8)14)9-5-3-4-6-17-9;1-14(11,12)13-7-2-8-9(3-4-9)10(8)5-6-10;1-4-12-6-8(7(3)10)9(11)13-5-2;1-2-11-6(10)4-3-7-8-5(4)9/h13,15-16H,2-12H2,1H3;9,11H,2-8H2,1H3,(H,16,17);7,9H,1-6H2,(H,14,15)(H,16,17);7,9H,2-6H2,1H3,(H,12,14);8H,2-7H2,1H3;6H,4-5H2,1-3H3;3H,2H2,1H3,(H2,7,8,9)/b;;;;;8-6-;. The molecule has 0 aromatic carbocycles. The summed E-state index contributed by atoms with van der Waals surface area (Å²) in [6.07, 6.45) is 42.0. The lowest BCUT2D eigenvalue weighted by atomic mass is 10.2. The fourth-order valence-corrected chi connectivity index (χ4v) is 21.3. The van der Waals surface area contributed by atoms with Crippen LogP contribution in [0.25, 0.3) is 0 Å². The van der Waals surface area contributed by atoms with E-state index in [1.165, 1.54) is 134 Å². The molecule has 14 fully saturated rings. The molecular formula is C84H118N10O24S. The number of carboxylic acid groups (broad SMARTS) is 1. The third-order valence-electron chi connectivity index (χ3n) is 27.6. The Labute approximate surface area is 691 Å². The third kappa shape index (κ3) is 18.9. The average Bonchev–Trinajstić information content (AvgIpc) is 1.47. The zero-order chi connectivity index (χ0) is 84.8. The summed E-state index contributed by atoms with van der Waals surface area (Å²) < 4.78 is 87.2. The minimum Gasteiger partial charge on any atom is -0.500 e. The SMILES string of the molecule is CCO/C=C(/C(C)=O)C(=O)OCC.CCOC(=O)c1c[nH][nH]c1=O.CCOC(=O)c1cn(C2CCCCO2)[nH]c1=O.CCOC(=O)c1cn(C2CCCCO2)nc1OCCC1C2(CC2)C12CC2.CCOC(=O)c1cn[nH]c1OCCC1C2(CC2)C12CC2.CS(=O)(=O)OCCC1C2(CC2)C12CC2.O=C(O)c1cn[nH]c1OCCC1C2(CC2)C12CC2. The van der Waals surface area contributed by atoms with Gasteiger partial charge in [0.1, 0.15) is 52.1 Å². The molecule has 0 radical (unpaired) electrons. The maximum absolute atomic E-state index is 12.3. The zero-order valence-electron chi connectivity index (χ0n) is 69.8. The van der Waals surface area contributed by atoms with Gasteiger partial charge in [0, 0.05) is 31.8 Å². The first-order valence-electron chi connectivity index (χ1n) is 42.8. The van der Waals surface area contributed by atoms with Crippen molar-refractivity contribution in [2.45, 2.75) is 228 Å². The number of ether oxygens (including phenoxy) is 11. The Morgan fingerprint density at radius 1 is 0.513 bits per heavy atom. The lowest BCUT2D eigenvalue weighted by molar-refractivity contribution is -0.140. The number of carbonyl (C=O) groups excluding carboxylic acids is 6. The van der Waals surface area contributed by atoms with Gasteiger partial charge in [0.2, 0.25) is 17.6 Å². The first-order chi connectivity index (χ1) is 57.2. The van der Waals surface area contributed by atoms with E-state index in [9.17, 15) is 51.6 Å². The number of nitrogens with zero attached hydrogens (tertiary/aromatic N) is 5. The Balaban J connectivity index is 0.000000122. The number of nitrogens with one attached hydrogen (secondary N) is 5. The maximum Gasteiger partial charge on any atom is 0.345 e. The van der Waals surface area contributed by atoms with E-state index in [0.29, 0.717) is 119 Å². The van der Waals surface area contributed by atoms with Gasteiger partial charge in [0.15, 0.2) is 5.78 Å². The Bertz CT molecular complexity index is 4620. The highest BCUT2D eigenvalue weighted by atomic mass is 32.2. The third-order valence-corrected chi connectivity index (χ3v) is 28.2. The number of esters is 5. The van der Waals surface area contributed by atoms with E-state index >= 15 is 0 Å². The zero-order valence-corrected chi connectivity index (χ0v) is 70.6. The number of carbonyl (C=O) groups is 7. The van der Waals surface area contributed by atoms with E-state index in [1.807, 2.05) is 6.92 Å². The van der Waals surface area contributed by atoms with Gasteiger partial charge in [-0.25, -0.2) is 43.6 Å². The van der Waals surface area contributed by atoms with Crippen LogP contribution in [0, 0.1) is 67.0 Å². The molecule has 12 saturated carbocycles. The normalized spacial score (nSPS) is 22.9. The number of aromatic amines is 5. The van der Waals surface area contributed by atoms with E-state index in [4.69, 9.17) is 51.9 Å². The number of hydrogen-bond acceptors (Lipinski definition) is 26. The molecule has 654 valence electrons. The number of hydrogen-bond donors (Lipinski definition) is 6. The van der Waals surface area contributed by atoms with Crippen molar-refractivity contribution in [2.75, 3.05) is 85.5 Å². The average molecular weight is 1680 g/mol. The van der Waals surface area contributed by atoms with Gasteiger partial charge in [-0.05, 0) is 282 Å². The van der Waals surface area contributed by atoms with Gasteiger partial charge in [-0.3, -0.25) is 33.4 Å². The smallest absolute Gasteiger partial charge is 0.345 e. The predicted molar refractivity (Wildman–Crippen MR) is 424 cm³/mol. The molecular weight excluding hydrogens is 1570 g/mol. The van der Waals surface area contributed by atoms with Gasteiger partial charge >= 0.3 is 35.8 Å². The van der Waals surface area contributed by atoms with Gasteiger partial charge in [-0.15, -0.1) is 5.10 Å². The second-order valence-electron chi connectivity index (χ2n) is 33.9. The fourth-order valence-electron chi connectivity index (χ4n) is 20.9. The van der Waals surface area contributed by atoms with Crippen LogP contribution in [0.1, 0.15) is 280 Å². The van der Waals surface area contributed by atoms with Crippen LogP contribution >= 0.6 is 0 Å². The molecule has 35 heteroatoms. The molecule has 7 heterocycles. The number of fused-ring (bicyclic) bond motifs is 4. The van der Waals surface area contributed by atoms with Crippen molar-refractivity contribution in [3.63, 3.8) is 0 Å². The van der Waals surface area contributed by atoms with E-state index in [0.717, 1.165) is 107 Å². The summed E-state index contributed by atoms with van der Waals surface area (Å²) in [5, 5.41) is 33.6. The van der Waals surface area contributed by atoms with Gasteiger partial charge in [0.25, 0.3) is 21.2 Å². The highest BCUT2D eigenvalue weighted by Crippen LogP contribution is 2.95. The summed E-state index contributed by atoms with van der Waals surface area (Å²) in [6, 6.07) is 0. The number of aromatic carboxylic acids is 1. The lowest BCUT2D eigenvalue weighted by Crippen LogP contribution is -2.20. The molecule has 34 nitrogen and oxygen atoms in total. The Kier molecular flexibility index (Phi) is 26.8. The van der Waals surface area contributed by atoms with Crippen molar-refractivity contribution in [3.05, 3.63) is 91.3 Å². The minimum absolute atomic E-state index is 0.00634. The topological polar surface area (TPSA) is 446 Å². The number of aromatic nitrogens is 10. The maximum atomic E-state index is 12.3. The van der Waals surface area contributed by atoms with Crippen LogP contribution in [0.2, 0.25) is 0 Å². The molecule has 119 heavy (non-hydrogen) atoms. The molecule has 2 atom stereocenters. The fraction of sp³-hybridized carbons (Fsp3) is 0.714. The van der Waals surface area contributed by atoms with E-state index in [2.05, 4.69) is 50.3 Å². The molecule has 0 amide bonds. The highest BCUT2D eigenvalue weighted by Gasteiger charge is 2.88. The lowest BCUT2D eigenvalue weighted by Gasteiger charge is -2.23. The molecule has 2 aliphatic heterocycles. The Morgan fingerprint density at radius 3 is 1.32 bits per heavy atom. The largest absolute Gasteiger partial charge is 0.500 e.